The zero-order valence-corrected chi connectivity index (χ0v) is 14.9. The Balaban J connectivity index is 1.35. The summed E-state index contributed by atoms with van der Waals surface area (Å²) in [6.07, 6.45) is 5.69. The third kappa shape index (κ3) is 2.49. The van der Waals surface area contributed by atoms with Crippen molar-refractivity contribution >= 4 is 17.3 Å². The molecule has 23 heavy (non-hydrogen) atoms. The first-order valence-electron chi connectivity index (χ1n) is 8.87. The number of guanidine groups is 1. The quantitative estimate of drug-likeness (QED) is 0.658. The van der Waals surface area contributed by atoms with E-state index in [1.807, 2.05) is 18.4 Å². The molecule has 0 amide bonds. The van der Waals surface area contributed by atoms with Crippen LogP contribution in [0.15, 0.2) is 22.5 Å². The van der Waals surface area contributed by atoms with Gasteiger partial charge in [0, 0.05) is 48.4 Å². The zero-order valence-electron chi connectivity index (χ0n) is 14.0. The van der Waals surface area contributed by atoms with E-state index in [0.717, 1.165) is 19.1 Å². The van der Waals surface area contributed by atoms with Crippen LogP contribution in [0.3, 0.4) is 0 Å². The molecule has 2 aliphatic carbocycles. The predicted molar refractivity (Wildman–Crippen MR) is 95.2 cm³/mol. The highest BCUT2D eigenvalue weighted by Crippen LogP contribution is 2.62. The summed E-state index contributed by atoms with van der Waals surface area (Å²) in [6, 6.07) is 4.88. The topological polar surface area (TPSA) is 45.7 Å². The highest BCUT2D eigenvalue weighted by atomic mass is 32.1. The van der Waals surface area contributed by atoms with Crippen molar-refractivity contribution in [3.05, 3.63) is 22.4 Å². The van der Waals surface area contributed by atoms with E-state index in [0.29, 0.717) is 29.4 Å². The molecule has 0 bridgehead atoms. The first-order valence-corrected chi connectivity index (χ1v) is 9.75. The van der Waals surface area contributed by atoms with E-state index in [1.165, 1.54) is 30.6 Å². The Labute approximate surface area is 142 Å². The maximum Gasteiger partial charge on any atom is 0.191 e. The fourth-order valence-corrected chi connectivity index (χ4v) is 5.51. The number of thiophene rings is 1. The van der Waals surface area contributed by atoms with E-state index in [4.69, 9.17) is 4.74 Å². The molecule has 3 fully saturated rings. The largest absolute Gasteiger partial charge is 0.377 e. The molecule has 1 aromatic heterocycles. The number of hydrogen-bond donors (Lipinski definition) is 2. The van der Waals surface area contributed by atoms with Gasteiger partial charge in [-0.2, -0.15) is 0 Å². The predicted octanol–water partition coefficient (Wildman–Crippen LogP) is 2.97. The van der Waals surface area contributed by atoms with Gasteiger partial charge in [0.25, 0.3) is 0 Å². The average molecular weight is 334 g/mol. The van der Waals surface area contributed by atoms with Crippen molar-refractivity contribution in [2.45, 2.75) is 50.7 Å². The standard InChI is InChI=1S/C18H27N3OS/c1-12(14-5-3-10-23-14)11-20-17(19-2)21-15-13-6-9-22-16(13)18(15)7-4-8-18/h3,5,10,12-13,15-16H,4,6-9,11H2,1-2H3,(H2,19,20,21). The van der Waals surface area contributed by atoms with Crippen LogP contribution in [0.25, 0.3) is 0 Å². The van der Waals surface area contributed by atoms with Crippen molar-refractivity contribution in [2.75, 3.05) is 20.2 Å². The summed E-state index contributed by atoms with van der Waals surface area (Å²) < 4.78 is 6.00. The van der Waals surface area contributed by atoms with Gasteiger partial charge in [-0.25, -0.2) is 0 Å². The molecule has 126 valence electrons. The van der Waals surface area contributed by atoms with Crippen LogP contribution in [-0.2, 0) is 4.74 Å². The molecular formula is C18H27N3OS. The van der Waals surface area contributed by atoms with E-state index in [1.54, 1.807) is 0 Å². The maximum atomic E-state index is 6.00. The number of nitrogens with zero attached hydrogens (tertiary/aromatic N) is 1. The summed E-state index contributed by atoms with van der Waals surface area (Å²) >= 11 is 1.83. The minimum Gasteiger partial charge on any atom is -0.377 e. The van der Waals surface area contributed by atoms with E-state index >= 15 is 0 Å². The van der Waals surface area contributed by atoms with Gasteiger partial charge in [0.15, 0.2) is 5.96 Å². The van der Waals surface area contributed by atoms with E-state index in [2.05, 4.69) is 40.1 Å². The van der Waals surface area contributed by atoms with Crippen molar-refractivity contribution in [3.8, 4) is 0 Å². The van der Waals surface area contributed by atoms with Crippen LogP contribution in [0.1, 0.15) is 43.4 Å². The Morgan fingerprint density at radius 2 is 2.39 bits per heavy atom. The molecule has 2 N–H and O–H groups in total. The molecule has 2 heterocycles. The van der Waals surface area contributed by atoms with Crippen LogP contribution in [-0.4, -0.2) is 38.3 Å². The highest BCUT2D eigenvalue weighted by molar-refractivity contribution is 7.10. The molecule has 1 aromatic rings. The van der Waals surface area contributed by atoms with Gasteiger partial charge < -0.3 is 15.4 Å². The van der Waals surface area contributed by atoms with Crippen LogP contribution >= 0.6 is 11.3 Å². The van der Waals surface area contributed by atoms with Crippen LogP contribution in [0.5, 0.6) is 0 Å². The van der Waals surface area contributed by atoms with E-state index in [9.17, 15) is 0 Å². The summed E-state index contributed by atoms with van der Waals surface area (Å²) in [4.78, 5) is 5.89. The van der Waals surface area contributed by atoms with E-state index < -0.39 is 0 Å². The van der Waals surface area contributed by atoms with Gasteiger partial charge in [-0.1, -0.05) is 19.4 Å². The fourth-order valence-electron chi connectivity index (χ4n) is 4.72. The van der Waals surface area contributed by atoms with Crippen molar-refractivity contribution in [2.24, 2.45) is 16.3 Å². The molecular weight excluding hydrogens is 306 g/mol. The summed E-state index contributed by atoms with van der Waals surface area (Å²) in [7, 11) is 1.87. The number of ether oxygens (including phenoxy) is 1. The van der Waals surface area contributed by atoms with Crippen molar-refractivity contribution in [1.82, 2.24) is 10.6 Å². The maximum absolute atomic E-state index is 6.00. The molecule has 4 nitrogen and oxygen atoms in total. The van der Waals surface area contributed by atoms with Gasteiger partial charge in [0.05, 0.1) is 6.10 Å². The number of hydrogen-bond acceptors (Lipinski definition) is 3. The first kappa shape index (κ1) is 15.5. The molecule has 0 radical (unpaired) electrons. The third-order valence-electron chi connectivity index (χ3n) is 6.16. The Morgan fingerprint density at radius 3 is 3.04 bits per heavy atom. The molecule has 3 aliphatic rings. The fraction of sp³-hybridized carbons (Fsp3) is 0.722. The number of fused-ring (bicyclic) bond motifs is 2. The van der Waals surface area contributed by atoms with Gasteiger partial charge in [0.2, 0.25) is 0 Å². The summed E-state index contributed by atoms with van der Waals surface area (Å²) in [5.41, 5.74) is 0.401. The molecule has 5 heteroatoms. The van der Waals surface area contributed by atoms with Crippen LogP contribution < -0.4 is 10.6 Å². The van der Waals surface area contributed by atoms with Crippen LogP contribution in [0.2, 0.25) is 0 Å². The number of aliphatic imine (C=N–C) groups is 1. The molecule has 1 aliphatic heterocycles. The second kappa shape index (κ2) is 6.10. The molecule has 1 saturated heterocycles. The second-order valence-corrected chi connectivity index (χ2v) is 8.30. The van der Waals surface area contributed by atoms with Gasteiger partial charge in [-0.15, -0.1) is 11.3 Å². The SMILES string of the molecule is CN=C(NCC(C)c1cccs1)NC1C2CCOC2C12CCC2. The molecule has 2 saturated carbocycles. The molecule has 1 spiro atoms. The lowest BCUT2D eigenvalue weighted by Gasteiger charge is -2.63. The minimum atomic E-state index is 0.401. The van der Waals surface area contributed by atoms with Gasteiger partial charge >= 0.3 is 0 Å². The van der Waals surface area contributed by atoms with E-state index in [-0.39, 0.29) is 0 Å². The van der Waals surface area contributed by atoms with Gasteiger partial charge in [0.1, 0.15) is 0 Å². The zero-order chi connectivity index (χ0) is 15.9. The lowest BCUT2D eigenvalue weighted by molar-refractivity contribution is -0.171. The third-order valence-corrected chi connectivity index (χ3v) is 7.26. The monoisotopic (exact) mass is 333 g/mol. The Hall–Kier alpha value is -1.07. The average Bonchev–Trinajstić information content (AvgIpc) is 3.16. The molecule has 4 rings (SSSR count). The van der Waals surface area contributed by atoms with Gasteiger partial charge in [-0.05, 0) is 30.7 Å². The summed E-state index contributed by atoms with van der Waals surface area (Å²) in [6.45, 7) is 4.13. The summed E-state index contributed by atoms with van der Waals surface area (Å²) in [5.74, 6) is 2.15. The lowest BCUT2D eigenvalue weighted by Crippen LogP contribution is -2.72. The Kier molecular flexibility index (Phi) is 4.10. The lowest BCUT2D eigenvalue weighted by atomic mass is 9.46. The number of rotatable bonds is 4. The normalized spacial score (nSPS) is 32.8. The minimum absolute atomic E-state index is 0.401. The van der Waals surface area contributed by atoms with Crippen molar-refractivity contribution in [1.29, 1.82) is 0 Å². The van der Waals surface area contributed by atoms with Crippen molar-refractivity contribution < 1.29 is 4.74 Å². The molecule has 4 unspecified atom stereocenters. The molecule has 0 aromatic carbocycles. The van der Waals surface area contributed by atoms with Gasteiger partial charge in [-0.3, -0.25) is 4.99 Å². The second-order valence-electron chi connectivity index (χ2n) is 7.32. The van der Waals surface area contributed by atoms with Crippen LogP contribution in [0, 0.1) is 11.3 Å². The smallest absolute Gasteiger partial charge is 0.191 e. The van der Waals surface area contributed by atoms with Crippen molar-refractivity contribution in [3.63, 3.8) is 0 Å². The number of nitrogens with one attached hydrogen (secondary N) is 2. The highest BCUT2D eigenvalue weighted by Gasteiger charge is 2.66. The Bertz CT molecular complexity index is 567. The van der Waals surface area contributed by atoms with Crippen LogP contribution in [0.4, 0.5) is 0 Å². The summed E-state index contributed by atoms with van der Waals surface area (Å²) in [5, 5.41) is 9.40. The first-order chi connectivity index (χ1) is 11.2. The Morgan fingerprint density at radius 1 is 1.52 bits per heavy atom. The molecule has 4 atom stereocenters.